The topological polar surface area (TPSA) is 103 Å². The molecule has 1 aliphatic rings. The van der Waals surface area contributed by atoms with Crippen molar-refractivity contribution in [3.63, 3.8) is 0 Å². The molecular weight excluding hydrogens is 439 g/mol. The van der Waals surface area contributed by atoms with E-state index < -0.39 is 28.0 Å². The summed E-state index contributed by atoms with van der Waals surface area (Å²) >= 11 is 0. The fraction of sp³-hybridized carbons (Fsp3) is 0.227. The van der Waals surface area contributed by atoms with Crippen molar-refractivity contribution in [3.05, 3.63) is 83.8 Å². The van der Waals surface area contributed by atoms with Crippen molar-refractivity contribution < 1.29 is 31.8 Å². The number of benzene rings is 2. The highest BCUT2D eigenvalue weighted by atomic mass is 32.2. The number of carbonyl (C=O) groups is 1. The van der Waals surface area contributed by atoms with Gasteiger partial charge in [0.15, 0.2) is 12.9 Å². The summed E-state index contributed by atoms with van der Waals surface area (Å²) < 4.78 is 55.5. The zero-order valence-electron chi connectivity index (χ0n) is 17.3. The van der Waals surface area contributed by atoms with E-state index >= 15 is 0 Å². The first-order valence-electron chi connectivity index (χ1n) is 9.62. The van der Waals surface area contributed by atoms with Crippen LogP contribution in [-0.2, 0) is 42.0 Å². The lowest BCUT2D eigenvalue weighted by Crippen LogP contribution is -2.27. The second-order valence-electron chi connectivity index (χ2n) is 7.00. The number of anilines is 1. The highest BCUT2D eigenvalue weighted by Gasteiger charge is 2.22. The minimum absolute atomic E-state index is 0.00610. The van der Waals surface area contributed by atoms with Gasteiger partial charge in [0.25, 0.3) is 5.91 Å². The SMILES string of the molecule is C=Cc1cc(CNC(=O)COC2=COC(Cc3ccccc3)O2)cc(F)c1NS(C)(=O)=O. The second kappa shape index (κ2) is 10.2. The molecule has 1 atom stereocenters. The van der Waals surface area contributed by atoms with Crippen LogP contribution in [0.5, 0.6) is 0 Å². The van der Waals surface area contributed by atoms with Crippen LogP contribution in [0.15, 0.2) is 61.3 Å². The minimum Gasteiger partial charge on any atom is -0.455 e. The van der Waals surface area contributed by atoms with Crippen LogP contribution in [-0.4, -0.2) is 33.5 Å². The van der Waals surface area contributed by atoms with Crippen LogP contribution in [0, 0.1) is 5.82 Å². The van der Waals surface area contributed by atoms with Crippen molar-refractivity contribution in [2.24, 2.45) is 0 Å². The van der Waals surface area contributed by atoms with Gasteiger partial charge in [-0.3, -0.25) is 9.52 Å². The Morgan fingerprint density at radius 2 is 2.00 bits per heavy atom. The third-order valence-electron chi connectivity index (χ3n) is 4.33. The van der Waals surface area contributed by atoms with Gasteiger partial charge in [0.05, 0.1) is 11.9 Å². The fourth-order valence-electron chi connectivity index (χ4n) is 2.91. The molecule has 3 rings (SSSR count). The monoisotopic (exact) mass is 462 g/mol. The van der Waals surface area contributed by atoms with E-state index in [2.05, 4.69) is 16.6 Å². The maximum absolute atomic E-state index is 14.3. The molecular formula is C22H23FN2O6S. The lowest BCUT2D eigenvalue weighted by atomic mass is 10.1. The zero-order valence-corrected chi connectivity index (χ0v) is 18.2. The van der Waals surface area contributed by atoms with E-state index in [0.29, 0.717) is 12.0 Å². The Bertz CT molecular complexity index is 1120. The smallest absolute Gasteiger partial charge is 0.319 e. The molecule has 0 bridgehead atoms. The molecule has 2 N–H and O–H groups in total. The molecule has 2 aromatic rings. The van der Waals surface area contributed by atoms with Crippen molar-refractivity contribution in [2.75, 3.05) is 17.6 Å². The first-order valence-corrected chi connectivity index (χ1v) is 11.5. The van der Waals surface area contributed by atoms with Gasteiger partial charge < -0.3 is 19.5 Å². The van der Waals surface area contributed by atoms with Crippen LogP contribution in [0.2, 0.25) is 0 Å². The Kier molecular flexibility index (Phi) is 7.37. The van der Waals surface area contributed by atoms with Gasteiger partial charge in [0, 0.05) is 18.5 Å². The fourth-order valence-corrected chi connectivity index (χ4v) is 3.50. The third kappa shape index (κ3) is 6.74. The van der Waals surface area contributed by atoms with E-state index in [9.17, 15) is 17.6 Å². The van der Waals surface area contributed by atoms with Crippen molar-refractivity contribution in [2.45, 2.75) is 19.3 Å². The summed E-state index contributed by atoms with van der Waals surface area (Å²) in [5.41, 5.74) is 1.51. The summed E-state index contributed by atoms with van der Waals surface area (Å²) in [6.07, 6.45) is 3.54. The largest absolute Gasteiger partial charge is 0.455 e. The van der Waals surface area contributed by atoms with E-state index in [4.69, 9.17) is 14.2 Å². The molecule has 10 heteroatoms. The van der Waals surface area contributed by atoms with Gasteiger partial charge in [-0.15, -0.1) is 0 Å². The molecule has 0 aliphatic carbocycles. The normalized spacial score (nSPS) is 15.2. The molecule has 0 saturated heterocycles. The lowest BCUT2D eigenvalue weighted by molar-refractivity contribution is -0.128. The molecule has 0 spiro atoms. The Hall–Kier alpha value is -3.53. The molecule has 0 saturated carbocycles. The highest BCUT2D eigenvalue weighted by Crippen LogP contribution is 2.24. The summed E-state index contributed by atoms with van der Waals surface area (Å²) in [4.78, 5) is 12.1. The molecule has 1 unspecified atom stereocenters. The summed E-state index contributed by atoms with van der Waals surface area (Å²) in [5, 5.41) is 2.59. The molecule has 1 amide bonds. The minimum atomic E-state index is -3.66. The van der Waals surface area contributed by atoms with Gasteiger partial charge in [-0.1, -0.05) is 43.0 Å². The standard InChI is InChI=1S/C22H23FN2O6S/c1-3-17-9-16(10-18(23)22(17)25-32(2,27)28)12-24-19(26)13-29-21-14-30-20(31-21)11-15-7-5-4-6-8-15/h3-10,14,20,25H,1,11-13H2,2H3,(H,24,26). The van der Waals surface area contributed by atoms with Crippen LogP contribution in [0.25, 0.3) is 6.08 Å². The van der Waals surface area contributed by atoms with Crippen LogP contribution < -0.4 is 10.0 Å². The Morgan fingerprint density at radius 3 is 2.69 bits per heavy atom. The number of amides is 1. The quantitative estimate of drug-likeness (QED) is 0.563. The molecule has 0 radical (unpaired) electrons. The van der Waals surface area contributed by atoms with Crippen molar-refractivity contribution in [1.29, 1.82) is 0 Å². The number of carbonyl (C=O) groups excluding carboxylic acids is 1. The molecule has 2 aromatic carbocycles. The number of hydrogen-bond acceptors (Lipinski definition) is 6. The molecule has 0 aromatic heterocycles. The van der Waals surface area contributed by atoms with Gasteiger partial charge in [-0.25, -0.2) is 12.8 Å². The molecule has 32 heavy (non-hydrogen) atoms. The van der Waals surface area contributed by atoms with E-state index in [1.54, 1.807) is 0 Å². The third-order valence-corrected chi connectivity index (χ3v) is 4.91. The Balaban J connectivity index is 1.47. The lowest BCUT2D eigenvalue weighted by Gasteiger charge is -2.13. The summed E-state index contributed by atoms with van der Waals surface area (Å²) in [6, 6.07) is 12.3. The maximum atomic E-state index is 14.3. The second-order valence-corrected chi connectivity index (χ2v) is 8.74. The average molecular weight is 462 g/mol. The number of halogens is 1. The Morgan fingerprint density at radius 1 is 1.25 bits per heavy atom. The predicted octanol–water partition coefficient (Wildman–Crippen LogP) is 2.89. The number of nitrogens with one attached hydrogen (secondary N) is 2. The summed E-state index contributed by atoms with van der Waals surface area (Å²) in [6.45, 7) is 3.25. The molecule has 8 nitrogen and oxygen atoms in total. The molecule has 1 aliphatic heterocycles. The van der Waals surface area contributed by atoms with E-state index in [0.717, 1.165) is 17.9 Å². The van der Waals surface area contributed by atoms with Crippen LogP contribution in [0.3, 0.4) is 0 Å². The molecule has 170 valence electrons. The van der Waals surface area contributed by atoms with Gasteiger partial charge in [0.2, 0.25) is 16.3 Å². The number of rotatable bonds is 10. The van der Waals surface area contributed by atoms with Crippen molar-refractivity contribution in [3.8, 4) is 0 Å². The predicted molar refractivity (Wildman–Crippen MR) is 117 cm³/mol. The van der Waals surface area contributed by atoms with Crippen LogP contribution >= 0.6 is 0 Å². The van der Waals surface area contributed by atoms with Crippen LogP contribution in [0.1, 0.15) is 16.7 Å². The summed E-state index contributed by atoms with van der Waals surface area (Å²) in [5.74, 6) is -1.14. The van der Waals surface area contributed by atoms with Gasteiger partial charge in [0.1, 0.15) is 5.82 Å². The van der Waals surface area contributed by atoms with E-state index in [1.807, 2.05) is 30.3 Å². The first kappa shape index (κ1) is 23.1. The number of hydrogen-bond donors (Lipinski definition) is 2. The summed E-state index contributed by atoms with van der Waals surface area (Å²) in [7, 11) is -3.66. The average Bonchev–Trinajstić information content (AvgIpc) is 3.19. The van der Waals surface area contributed by atoms with Crippen molar-refractivity contribution >= 4 is 27.7 Å². The van der Waals surface area contributed by atoms with E-state index in [1.165, 1.54) is 18.4 Å². The zero-order chi connectivity index (χ0) is 23.1. The molecule has 1 heterocycles. The number of sulfonamides is 1. The molecule has 0 fully saturated rings. The van der Waals surface area contributed by atoms with Crippen molar-refractivity contribution in [1.82, 2.24) is 5.32 Å². The van der Waals surface area contributed by atoms with E-state index in [-0.39, 0.29) is 30.3 Å². The van der Waals surface area contributed by atoms with Gasteiger partial charge >= 0.3 is 5.95 Å². The Labute approximate surface area is 185 Å². The van der Waals surface area contributed by atoms with Crippen LogP contribution in [0.4, 0.5) is 10.1 Å². The first-order chi connectivity index (χ1) is 15.2. The maximum Gasteiger partial charge on any atom is 0.319 e. The van der Waals surface area contributed by atoms with Gasteiger partial charge in [-0.05, 0) is 23.3 Å². The number of ether oxygens (including phenoxy) is 3. The highest BCUT2D eigenvalue weighted by molar-refractivity contribution is 7.92. The van der Waals surface area contributed by atoms with Gasteiger partial charge in [-0.2, -0.15) is 0 Å².